The second kappa shape index (κ2) is 11.2. The van der Waals surface area contributed by atoms with E-state index in [1.165, 1.54) is 14.2 Å². The number of methoxy groups -OCH3 is 1. The summed E-state index contributed by atoms with van der Waals surface area (Å²) in [6, 6.07) is 29.4. The van der Waals surface area contributed by atoms with Gasteiger partial charge >= 0.3 is 5.97 Å². The SMILES string of the molecule is COC(=O)[C@H](C)CP(=O)(OC)[C@@H](NC(c1ccccc1)c1ccccc1)c1ccccc1. The highest BCUT2D eigenvalue weighted by Gasteiger charge is 2.39. The lowest BCUT2D eigenvalue weighted by molar-refractivity contribution is -0.144. The Labute approximate surface area is 190 Å². The van der Waals surface area contributed by atoms with Crippen LogP contribution in [0.2, 0.25) is 0 Å². The van der Waals surface area contributed by atoms with Gasteiger partial charge in [0.1, 0.15) is 5.78 Å². The molecular weight excluding hydrogens is 421 g/mol. The Morgan fingerprint density at radius 3 is 1.66 bits per heavy atom. The molecule has 0 aliphatic carbocycles. The summed E-state index contributed by atoms with van der Waals surface area (Å²) in [5.74, 6) is -1.59. The van der Waals surface area contributed by atoms with Crippen molar-refractivity contribution in [2.75, 3.05) is 20.4 Å². The molecule has 0 saturated heterocycles. The maximum atomic E-state index is 14.2. The number of hydrogen-bond donors (Lipinski definition) is 1. The van der Waals surface area contributed by atoms with Crippen LogP contribution in [0.1, 0.15) is 35.4 Å². The number of nitrogens with one attached hydrogen (secondary N) is 1. The Balaban J connectivity index is 2.06. The molecule has 0 bridgehead atoms. The summed E-state index contributed by atoms with van der Waals surface area (Å²) in [4.78, 5) is 12.1. The van der Waals surface area contributed by atoms with Crippen LogP contribution in [-0.2, 0) is 18.6 Å². The zero-order chi connectivity index (χ0) is 23.0. The van der Waals surface area contributed by atoms with E-state index in [0.717, 1.165) is 16.7 Å². The van der Waals surface area contributed by atoms with Gasteiger partial charge in [-0.2, -0.15) is 0 Å². The first-order valence-corrected chi connectivity index (χ1v) is 12.5. The van der Waals surface area contributed by atoms with Gasteiger partial charge in [0.15, 0.2) is 0 Å². The average Bonchev–Trinajstić information content (AvgIpc) is 2.85. The van der Waals surface area contributed by atoms with E-state index in [-0.39, 0.29) is 12.2 Å². The Morgan fingerprint density at radius 2 is 1.25 bits per heavy atom. The molecule has 0 fully saturated rings. The zero-order valence-corrected chi connectivity index (χ0v) is 19.6. The summed E-state index contributed by atoms with van der Waals surface area (Å²) < 4.78 is 24.8. The third kappa shape index (κ3) is 5.74. The number of rotatable bonds is 10. The van der Waals surface area contributed by atoms with Crippen molar-refractivity contribution in [3.8, 4) is 0 Å². The highest BCUT2D eigenvalue weighted by Crippen LogP contribution is 2.60. The third-order valence-corrected chi connectivity index (χ3v) is 8.45. The number of carbonyl (C=O) groups is 1. The fraction of sp³-hybridized carbons (Fsp3) is 0.269. The molecule has 0 aliphatic heterocycles. The fourth-order valence-electron chi connectivity index (χ4n) is 3.85. The quantitative estimate of drug-likeness (QED) is 0.312. The molecule has 1 unspecified atom stereocenters. The number of ether oxygens (including phenoxy) is 1. The number of benzene rings is 3. The molecule has 168 valence electrons. The van der Waals surface area contributed by atoms with Crippen LogP contribution in [0, 0.1) is 5.92 Å². The normalized spacial score (nSPS) is 15.0. The highest BCUT2D eigenvalue weighted by atomic mass is 31.2. The molecule has 0 aromatic heterocycles. The smallest absolute Gasteiger partial charge is 0.308 e. The van der Waals surface area contributed by atoms with Crippen molar-refractivity contribution in [3.63, 3.8) is 0 Å². The van der Waals surface area contributed by atoms with Crippen molar-refractivity contribution < 1.29 is 18.6 Å². The van der Waals surface area contributed by atoms with Crippen LogP contribution < -0.4 is 5.32 Å². The molecule has 0 radical (unpaired) electrons. The van der Waals surface area contributed by atoms with Crippen molar-refractivity contribution in [3.05, 3.63) is 108 Å². The first-order chi connectivity index (χ1) is 15.5. The van der Waals surface area contributed by atoms with Gasteiger partial charge in [0.05, 0.1) is 19.1 Å². The standard InChI is InChI=1S/C26H30NO4P/c1-20(26(28)30-2)19-32(29,31-3)25(23-17-11-6-12-18-23)27-24(21-13-7-4-8-14-21)22-15-9-5-10-16-22/h4-18,20,24-25,27H,19H2,1-3H3/t20-,25-,32?/m1/s1. The first-order valence-electron chi connectivity index (χ1n) is 10.6. The van der Waals surface area contributed by atoms with Crippen molar-refractivity contribution in [2.45, 2.75) is 18.7 Å². The minimum Gasteiger partial charge on any atom is -0.469 e. The van der Waals surface area contributed by atoms with E-state index in [1.54, 1.807) is 6.92 Å². The molecular formula is C26H30NO4P. The molecule has 0 saturated carbocycles. The molecule has 0 amide bonds. The third-order valence-electron chi connectivity index (χ3n) is 5.54. The summed E-state index contributed by atoms with van der Waals surface area (Å²) in [6.07, 6.45) is 0.0685. The summed E-state index contributed by atoms with van der Waals surface area (Å²) in [5, 5.41) is 3.62. The average molecular weight is 452 g/mol. The van der Waals surface area contributed by atoms with E-state index in [2.05, 4.69) is 5.32 Å². The number of hydrogen-bond acceptors (Lipinski definition) is 5. The van der Waals surface area contributed by atoms with Crippen LogP contribution in [-0.4, -0.2) is 26.4 Å². The number of esters is 1. The zero-order valence-electron chi connectivity index (χ0n) is 18.7. The maximum absolute atomic E-state index is 14.2. The molecule has 3 rings (SSSR count). The Morgan fingerprint density at radius 1 is 0.812 bits per heavy atom. The van der Waals surface area contributed by atoms with E-state index in [9.17, 15) is 9.36 Å². The van der Waals surface area contributed by atoms with Gasteiger partial charge in [-0.25, -0.2) is 0 Å². The first kappa shape index (κ1) is 23.9. The van der Waals surface area contributed by atoms with Gasteiger partial charge < -0.3 is 9.26 Å². The van der Waals surface area contributed by atoms with Crippen molar-refractivity contribution in [1.82, 2.24) is 5.32 Å². The summed E-state index contributed by atoms with van der Waals surface area (Å²) >= 11 is 0. The molecule has 3 aromatic carbocycles. The van der Waals surface area contributed by atoms with E-state index >= 15 is 0 Å². The Bertz CT molecular complexity index is 988. The van der Waals surface area contributed by atoms with Crippen LogP contribution in [0.4, 0.5) is 0 Å². The van der Waals surface area contributed by atoms with Crippen LogP contribution in [0.25, 0.3) is 0 Å². The maximum Gasteiger partial charge on any atom is 0.308 e. The van der Waals surface area contributed by atoms with Gasteiger partial charge in [-0.15, -0.1) is 0 Å². The monoisotopic (exact) mass is 451 g/mol. The minimum atomic E-state index is -3.36. The highest BCUT2D eigenvalue weighted by molar-refractivity contribution is 7.59. The van der Waals surface area contributed by atoms with Crippen LogP contribution >= 0.6 is 7.37 Å². The van der Waals surface area contributed by atoms with Gasteiger partial charge in [0.2, 0.25) is 7.37 Å². The molecule has 32 heavy (non-hydrogen) atoms. The van der Waals surface area contributed by atoms with E-state index < -0.39 is 25.0 Å². The Kier molecular flexibility index (Phi) is 8.40. The van der Waals surface area contributed by atoms with Gasteiger partial charge in [-0.1, -0.05) is 97.9 Å². The molecule has 6 heteroatoms. The predicted molar refractivity (Wildman–Crippen MR) is 128 cm³/mol. The van der Waals surface area contributed by atoms with Gasteiger partial charge in [-0.05, 0) is 16.7 Å². The lowest BCUT2D eigenvalue weighted by Gasteiger charge is -2.33. The molecule has 0 heterocycles. The second-order valence-electron chi connectivity index (χ2n) is 7.75. The van der Waals surface area contributed by atoms with Crippen LogP contribution in [0.3, 0.4) is 0 Å². The molecule has 5 nitrogen and oxygen atoms in total. The molecule has 3 aromatic rings. The largest absolute Gasteiger partial charge is 0.469 e. The van der Waals surface area contributed by atoms with Gasteiger partial charge in [0, 0.05) is 13.3 Å². The van der Waals surface area contributed by atoms with E-state index in [1.807, 2.05) is 91.0 Å². The van der Waals surface area contributed by atoms with E-state index in [0.29, 0.717) is 0 Å². The molecule has 0 spiro atoms. The second-order valence-corrected chi connectivity index (χ2v) is 10.4. The van der Waals surface area contributed by atoms with Crippen molar-refractivity contribution in [2.24, 2.45) is 5.92 Å². The molecule has 3 atom stereocenters. The van der Waals surface area contributed by atoms with Crippen molar-refractivity contribution >= 4 is 13.3 Å². The van der Waals surface area contributed by atoms with Crippen LogP contribution in [0.15, 0.2) is 91.0 Å². The predicted octanol–water partition coefficient (Wildman–Crippen LogP) is 5.80. The summed E-state index contributed by atoms with van der Waals surface area (Å²) in [7, 11) is -0.578. The lowest BCUT2D eigenvalue weighted by Crippen LogP contribution is -2.30. The Hall–Kier alpha value is -2.72. The van der Waals surface area contributed by atoms with Gasteiger partial charge in [0.25, 0.3) is 0 Å². The lowest BCUT2D eigenvalue weighted by atomic mass is 9.98. The van der Waals surface area contributed by atoms with Gasteiger partial charge in [-0.3, -0.25) is 14.7 Å². The molecule has 0 aliphatic rings. The van der Waals surface area contributed by atoms with Crippen molar-refractivity contribution in [1.29, 1.82) is 0 Å². The van der Waals surface area contributed by atoms with Crippen LogP contribution in [0.5, 0.6) is 0 Å². The minimum absolute atomic E-state index is 0.0685. The van der Waals surface area contributed by atoms with E-state index in [4.69, 9.17) is 9.26 Å². The topological polar surface area (TPSA) is 64.6 Å². The summed E-state index contributed by atoms with van der Waals surface area (Å²) in [5.41, 5.74) is 2.93. The summed E-state index contributed by atoms with van der Waals surface area (Å²) in [6.45, 7) is 1.71. The molecule has 1 N–H and O–H groups in total. The fourth-order valence-corrected chi connectivity index (χ4v) is 6.33. The number of carbonyl (C=O) groups excluding carboxylic acids is 1.